The Morgan fingerprint density at radius 3 is 2.82 bits per heavy atom. The van der Waals surface area contributed by atoms with Crippen molar-refractivity contribution in [3.05, 3.63) is 71.3 Å². The molecule has 3 aliphatic rings. The van der Waals surface area contributed by atoms with Crippen LogP contribution < -0.4 is 4.74 Å². The summed E-state index contributed by atoms with van der Waals surface area (Å²) in [4.78, 5) is 9.37. The molecule has 28 heavy (non-hydrogen) atoms. The van der Waals surface area contributed by atoms with Crippen LogP contribution in [0.2, 0.25) is 0 Å². The second kappa shape index (κ2) is 6.91. The smallest absolute Gasteiger partial charge is 0.161 e. The third kappa shape index (κ3) is 2.83. The fourth-order valence-corrected chi connectivity index (χ4v) is 4.25. The fraction of sp³-hybridized carbons (Fsp3) is 0.304. The van der Waals surface area contributed by atoms with Crippen molar-refractivity contribution in [3.8, 4) is 11.5 Å². The van der Waals surface area contributed by atoms with Crippen molar-refractivity contribution >= 4 is 11.5 Å². The quantitative estimate of drug-likeness (QED) is 0.819. The lowest BCUT2D eigenvalue weighted by Crippen LogP contribution is -2.23. The third-order valence-electron chi connectivity index (χ3n) is 5.67. The third-order valence-corrected chi connectivity index (χ3v) is 5.67. The predicted octanol–water partition coefficient (Wildman–Crippen LogP) is 4.20. The van der Waals surface area contributed by atoms with E-state index in [0.717, 1.165) is 29.9 Å². The summed E-state index contributed by atoms with van der Waals surface area (Å²) in [6, 6.07) is 13.4. The van der Waals surface area contributed by atoms with Gasteiger partial charge in [0.15, 0.2) is 12.1 Å². The number of allylic oxidation sites excluding steroid dienone is 1. The second-order valence-electron chi connectivity index (χ2n) is 7.34. The number of para-hydroxylation sites is 2. The Labute approximate surface area is 164 Å². The van der Waals surface area contributed by atoms with Crippen LogP contribution in [0.3, 0.4) is 0 Å². The van der Waals surface area contributed by atoms with Crippen LogP contribution >= 0.6 is 0 Å². The number of methoxy groups -OCH3 is 1. The van der Waals surface area contributed by atoms with E-state index < -0.39 is 0 Å². The van der Waals surface area contributed by atoms with Gasteiger partial charge in [0.1, 0.15) is 17.6 Å². The zero-order chi connectivity index (χ0) is 19.1. The average molecular weight is 374 g/mol. The summed E-state index contributed by atoms with van der Waals surface area (Å²) in [6.07, 6.45) is 6.90. The van der Waals surface area contributed by atoms with Gasteiger partial charge in [-0.3, -0.25) is 0 Å². The minimum absolute atomic E-state index is 0.110. The van der Waals surface area contributed by atoms with Crippen molar-refractivity contribution in [2.75, 3.05) is 7.11 Å². The number of ether oxygens (including phenoxy) is 2. The van der Waals surface area contributed by atoms with E-state index in [9.17, 15) is 5.11 Å². The molecular formula is C23H22N2O3. The molecule has 3 unspecified atom stereocenters. The average Bonchev–Trinajstić information content (AvgIpc) is 3.12. The molecule has 2 aliphatic heterocycles. The zero-order valence-corrected chi connectivity index (χ0v) is 15.7. The summed E-state index contributed by atoms with van der Waals surface area (Å²) < 4.78 is 11.9. The highest BCUT2D eigenvalue weighted by molar-refractivity contribution is 6.15. The highest BCUT2D eigenvalue weighted by Gasteiger charge is 2.36. The van der Waals surface area contributed by atoms with Gasteiger partial charge in [0.25, 0.3) is 0 Å². The van der Waals surface area contributed by atoms with Crippen molar-refractivity contribution in [3.63, 3.8) is 0 Å². The first kappa shape index (κ1) is 17.2. The van der Waals surface area contributed by atoms with Gasteiger partial charge >= 0.3 is 0 Å². The minimum atomic E-state index is -0.346. The number of aliphatic imine (C=N–C) groups is 2. The van der Waals surface area contributed by atoms with Crippen LogP contribution in [0.25, 0.3) is 0 Å². The molecule has 0 bridgehead atoms. The maximum absolute atomic E-state index is 10.3. The Balaban J connectivity index is 1.59. The molecule has 5 rings (SSSR count). The Hall–Kier alpha value is -2.92. The lowest BCUT2D eigenvalue weighted by atomic mass is 9.86. The van der Waals surface area contributed by atoms with Crippen LogP contribution in [0.5, 0.6) is 11.5 Å². The molecule has 2 aromatic carbocycles. The summed E-state index contributed by atoms with van der Waals surface area (Å²) in [7, 11) is 1.64. The molecular weight excluding hydrogens is 352 g/mol. The Morgan fingerprint density at radius 2 is 1.96 bits per heavy atom. The van der Waals surface area contributed by atoms with E-state index in [0.29, 0.717) is 23.7 Å². The van der Waals surface area contributed by atoms with Crippen molar-refractivity contribution in [1.29, 1.82) is 0 Å². The van der Waals surface area contributed by atoms with E-state index in [-0.39, 0.29) is 18.1 Å². The largest absolute Gasteiger partial charge is 0.507 e. The zero-order valence-electron chi connectivity index (χ0n) is 15.7. The fourth-order valence-electron chi connectivity index (χ4n) is 4.25. The van der Waals surface area contributed by atoms with E-state index in [2.05, 4.69) is 35.3 Å². The molecule has 0 saturated heterocycles. The first-order chi connectivity index (χ1) is 13.7. The number of hydrogen-bond donors (Lipinski definition) is 1. The van der Waals surface area contributed by atoms with Gasteiger partial charge in [-0.2, -0.15) is 0 Å². The van der Waals surface area contributed by atoms with Crippen LogP contribution in [-0.4, -0.2) is 36.1 Å². The molecule has 1 aliphatic carbocycles. The Kier molecular flexibility index (Phi) is 4.24. The van der Waals surface area contributed by atoms with Crippen molar-refractivity contribution < 1.29 is 14.6 Å². The van der Waals surface area contributed by atoms with E-state index in [4.69, 9.17) is 14.5 Å². The Bertz CT molecular complexity index is 1010. The molecule has 2 heterocycles. The van der Waals surface area contributed by atoms with Gasteiger partial charge < -0.3 is 14.6 Å². The van der Waals surface area contributed by atoms with Crippen LogP contribution in [0.4, 0.5) is 0 Å². The highest BCUT2D eigenvalue weighted by atomic mass is 16.5. The van der Waals surface area contributed by atoms with Gasteiger partial charge in [0.05, 0.1) is 11.3 Å². The van der Waals surface area contributed by atoms with Gasteiger partial charge in [-0.05, 0) is 37.1 Å². The van der Waals surface area contributed by atoms with Crippen LogP contribution in [0, 0.1) is 0 Å². The Morgan fingerprint density at radius 1 is 1.11 bits per heavy atom. The predicted molar refractivity (Wildman–Crippen MR) is 109 cm³/mol. The molecule has 0 aromatic heterocycles. The van der Waals surface area contributed by atoms with E-state index in [1.54, 1.807) is 19.2 Å². The first-order valence-electron chi connectivity index (χ1n) is 9.67. The topological polar surface area (TPSA) is 63.4 Å². The second-order valence-corrected chi connectivity index (χ2v) is 7.34. The molecule has 142 valence electrons. The van der Waals surface area contributed by atoms with Gasteiger partial charge in [-0.25, -0.2) is 9.98 Å². The number of nitrogens with zero attached hydrogens (tertiary/aromatic N) is 2. The van der Waals surface area contributed by atoms with Gasteiger partial charge in [0, 0.05) is 30.6 Å². The molecule has 1 N–H and O–H groups in total. The summed E-state index contributed by atoms with van der Waals surface area (Å²) >= 11 is 0. The van der Waals surface area contributed by atoms with Crippen molar-refractivity contribution in [2.24, 2.45) is 9.98 Å². The minimum Gasteiger partial charge on any atom is -0.507 e. The van der Waals surface area contributed by atoms with Crippen LogP contribution in [0.1, 0.15) is 41.9 Å². The SMILES string of the molecule is COC1CC(c2cccc3c2OC2C=CCCC32)=NC(c2ccccc2O)=N1. The standard InChI is InChI=1S/C23H22N2O3/c1-27-21-13-18(24-23(25-21)17-8-2-4-11-19(17)26)16-10-6-9-15-14-7-3-5-12-20(14)28-22(15)16/h2,4-6,8-12,14,20-21,26H,3,7,13H2,1H3. The molecule has 0 fully saturated rings. The number of rotatable bonds is 3. The van der Waals surface area contributed by atoms with Gasteiger partial charge in [-0.15, -0.1) is 0 Å². The van der Waals surface area contributed by atoms with E-state index >= 15 is 0 Å². The van der Waals surface area contributed by atoms with Crippen molar-refractivity contribution in [2.45, 2.75) is 37.5 Å². The normalized spacial score (nSPS) is 25.4. The number of amidine groups is 1. The first-order valence-corrected chi connectivity index (χ1v) is 9.67. The molecule has 5 nitrogen and oxygen atoms in total. The number of aromatic hydroxyl groups is 1. The summed E-state index contributed by atoms with van der Waals surface area (Å²) in [6.45, 7) is 0. The molecule has 0 saturated carbocycles. The molecule has 5 heteroatoms. The lowest BCUT2D eigenvalue weighted by molar-refractivity contribution is 0.115. The summed E-state index contributed by atoms with van der Waals surface area (Å²) in [5, 5.41) is 10.3. The lowest BCUT2D eigenvalue weighted by Gasteiger charge is -2.21. The molecule has 2 aromatic rings. The van der Waals surface area contributed by atoms with Crippen LogP contribution in [0.15, 0.2) is 64.6 Å². The monoisotopic (exact) mass is 374 g/mol. The van der Waals surface area contributed by atoms with E-state index in [1.165, 1.54) is 5.56 Å². The highest BCUT2D eigenvalue weighted by Crippen LogP contribution is 2.45. The maximum atomic E-state index is 10.3. The van der Waals surface area contributed by atoms with Crippen molar-refractivity contribution in [1.82, 2.24) is 0 Å². The molecule has 0 radical (unpaired) electrons. The number of phenolic OH excluding ortho intramolecular Hbond substituents is 1. The number of fused-ring (bicyclic) bond motifs is 3. The maximum Gasteiger partial charge on any atom is 0.161 e. The number of phenols is 1. The number of benzene rings is 2. The summed E-state index contributed by atoms with van der Waals surface area (Å²) in [5.74, 6) is 1.98. The van der Waals surface area contributed by atoms with Gasteiger partial charge in [-0.1, -0.05) is 30.3 Å². The molecule has 3 atom stereocenters. The molecule has 0 spiro atoms. The van der Waals surface area contributed by atoms with Crippen LogP contribution in [-0.2, 0) is 4.74 Å². The molecule has 0 amide bonds. The van der Waals surface area contributed by atoms with Gasteiger partial charge in [0.2, 0.25) is 0 Å². The van der Waals surface area contributed by atoms with E-state index in [1.807, 2.05) is 12.1 Å². The summed E-state index contributed by atoms with van der Waals surface area (Å²) in [5.41, 5.74) is 3.73. The number of hydrogen-bond acceptors (Lipinski definition) is 5.